The predicted octanol–water partition coefficient (Wildman–Crippen LogP) is 2.11. The molecule has 0 aliphatic rings. The van der Waals surface area contributed by atoms with E-state index in [4.69, 9.17) is 0 Å². The SMILES string of the molecule is Cn1ncc(Cc2cnn(C)c2I)c1Br. The third-order valence-electron chi connectivity index (χ3n) is 2.25. The van der Waals surface area contributed by atoms with Crippen LogP contribution in [-0.2, 0) is 20.5 Å². The van der Waals surface area contributed by atoms with Crippen LogP contribution >= 0.6 is 38.5 Å². The molecule has 0 aliphatic carbocycles. The maximum Gasteiger partial charge on any atom is 0.107 e. The molecule has 0 fully saturated rings. The van der Waals surface area contributed by atoms with E-state index in [1.807, 2.05) is 35.9 Å². The highest BCUT2D eigenvalue weighted by Gasteiger charge is 2.10. The number of hydrogen-bond donors (Lipinski definition) is 0. The van der Waals surface area contributed by atoms with Crippen molar-refractivity contribution in [3.63, 3.8) is 0 Å². The fraction of sp³-hybridized carbons (Fsp3) is 0.333. The van der Waals surface area contributed by atoms with E-state index in [2.05, 4.69) is 48.7 Å². The van der Waals surface area contributed by atoms with E-state index in [9.17, 15) is 0 Å². The molecule has 2 rings (SSSR count). The number of nitrogens with zero attached hydrogens (tertiary/aromatic N) is 4. The Balaban J connectivity index is 2.29. The van der Waals surface area contributed by atoms with Crippen molar-refractivity contribution in [2.45, 2.75) is 6.42 Å². The van der Waals surface area contributed by atoms with Crippen LogP contribution in [0, 0.1) is 3.70 Å². The summed E-state index contributed by atoms with van der Waals surface area (Å²) in [5.41, 5.74) is 2.41. The highest BCUT2D eigenvalue weighted by Crippen LogP contribution is 2.21. The molecule has 0 spiro atoms. The van der Waals surface area contributed by atoms with Crippen molar-refractivity contribution in [3.8, 4) is 0 Å². The Morgan fingerprint density at radius 3 is 2.27 bits per heavy atom. The molecule has 0 atom stereocenters. The smallest absolute Gasteiger partial charge is 0.107 e. The zero-order chi connectivity index (χ0) is 11.0. The van der Waals surface area contributed by atoms with E-state index in [-0.39, 0.29) is 0 Å². The number of rotatable bonds is 2. The van der Waals surface area contributed by atoms with Crippen molar-refractivity contribution in [2.24, 2.45) is 14.1 Å². The third kappa shape index (κ3) is 2.10. The minimum atomic E-state index is 0.862. The van der Waals surface area contributed by atoms with Gasteiger partial charge in [0.1, 0.15) is 8.30 Å². The Kier molecular flexibility index (Phi) is 3.15. The molecule has 0 unspecified atom stereocenters. The molecule has 0 bridgehead atoms. The summed E-state index contributed by atoms with van der Waals surface area (Å²) in [5, 5.41) is 8.40. The second kappa shape index (κ2) is 4.25. The Hall–Kier alpha value is -0.370. The predicted molar refractivity (Wildman–Crippen MR) is 69.6 cm³/mol. The van der Waals surface area contributed by atoms with Gasteiger partial charge >= 0.3 is 0 Å². The Morgan fingerprint density at radius 2 is 1.80 bits per heavy atom. The summed E-state index contributed by atoms with van der Waals surface area (Å²) >= 11 is 5.81. The molecular weight excluding hydrogens is 371 g/mol. The maximum absolute atomic E-state index is 4.22. The largest absolute Gasteiger partial charge is 0.262 e. The molecule has 2 aromatic rings. The van der Waals surface area contributed by atoms with E-state index in [1.165, 1.54) is 14.8 Å². The van der Waals surface area contributed by atoms with Crippen LogP contribution in [0.1, 0.15) is 11.1 Å². The number of halogens is 2. The number of aromatic nitrogens is 4. The van der Waals surface area contributed by atoms with Gasteiger partial charge in [-0.15, -0.1) is 0 Å². The molecule has 0 aromatic carbocycles. The van der Waals surface area contributed by atoms with Gasteiger partial charge in [-0.2, -0.15) is 10.2 Å². The van der Waals surface area contributed by atoms with Crippen LogP contribution < -0.4 is 0 Å². The van der Waals surface area contributed by atoms with Crippen LogP contribution in [-0.4, -0.2) is 19.6 Å². The summed E-state index contributed by atoms with van der Waals surface area (Å²) < 4.78 is 5.89. The molecule has 0 N–H and O–H groups in total. The molecule has 0 radical (unpaired) electrons. The van der Waals surface area contributed by atoms with Gasteiger partial charge in [-0.25, -0.2) is 0 Å². The van der Waals surface area contributed by atoms with Crippen LogP contribution in [0.15, 0.2) is 17.0 Å². The van der Waals surface area contributed by atoms with Gasteiger partial charge in [0.15, 0.2) is 0 Å². The molecule has 6 heteroatoms. The quantitative estimate of drug-likeness (QED) is 0.748. The van der Waals surface area contributed by atoms with Crippen LogP contribution in [0.4, 0.5) is 0 Å². The van der Waals surface area contributed by atoms with Crippen molar-refractivity contribution in [3.05, 3.63) is 31.8 Å². The van der Waals surface area contributed by atoms with Crippen LogP contribution in [0.2, 0.25) is 0 Å². The molecular formula is C9H10BrIN4. The van der Waals surface area contributed by atoms with Crippen molar-refractivity contribution < 1.29 is 0 Å². The average Bonchev–Trinajstić information content (AvgIpc) is 2.68. The van der Waals surface area contributed by atoms with Crippen molar-refractivity contribution in [1.29, 1.82) is 0 Å². The summed E-state index contributed by atoms with van der Waals surface area (Å²) in [6, 6.07) is 0. The summed E-state index contributed by atoms with van der Waals surface area (Å²) in [5.74, 6) is 0. The average molecular weight is 381 g/mol. The van der Waals surface area contributed by atoms with Crippen molar-refractivity contribution in [2.75, 3.05) is 0 Å². The monoisotopic (exact) mass is 380 g/mol. The second-order valence-electron chi connectivity index (χ2n) is 3.35. The molecule has 80 valence electrons. The normalized spacial score (nSPS) is 10.9. The highest BCUT2D eigenvalue weighted by atomic mass is 127. The van der Waals surface area contributed by atoms with E-state index < -0.39 is 0 Å². The van der Waals surface area contributed by atoms with Crippen LogP contribution in [0.3, 0.4) is 0 Å². The van der Waals surface area contributed by atoms with Crippen molar-refractivity contribution >= 4 is 38.5 Å². The van der Waals surface area contributed by atoms with Gasteiger partial charge in [0.2, 0.25) is 0 Å². The zero-order valence-corrected chi connectivity index (χ0v) is 12.2. The lowest BCUT2D eigenvalue weighted by Gasteiger charge is -1.98. The minimum absolute atomic E-state index is 0.862. The van der Waals surface area contributed by atoms with Crippen LogP contribution in [0.5, 0.6) is 0 Å². The topological polar surface area (TPSA) is 35.6 Å². The molecule has 15 heavy (non-hydrogen) atoms. The molecule has 0 aliphatic heterocycles. The molecule has 0 saturated heterocycles. The van der Waals surface area contributed by atoms with E-state index in [0.29, 0.717) is 0 Å². The Morgan fingerprint density at radius 1 is 1.20 bits per heavy atom. The molecule has 0 saturated carbocycles. The van der Waals surface area contributed by atoms with Gasteiger partial charge in [0.05, 0.1) is 12.4 Å². The summed E-state index contributed by atoms with van der Waals surface area (Å²) in [4.78, 5) is 0. The Labute approximate surface area is 110 Å². The van der Waals surface area contributed by atoms with E-state index in [0.717, 1.165) is 11.0 Å². The lowest BCUT2D eigenvalue weighted by Crippen LogP contribution is -1.95. The fourth-order valence-electron chi connectivity index (χ4n) is 1.38. The molecule has 0 amide bonds. The molecule has 4 nitrogen and oxygen atoms in total. The summed E-state index contributed by atoms with van der Waals surface area (Å²) in [7, 11) is 3.87. The first kappa shape index (κ1) is 11.1. The zero-order valence-electron chi connectivity index (χ0n) is 8.41. The fourth-order valence-corrected chi connectivity index (χ4v) is 2.17. The Bertz CT molecular complexity index is 444. The van der Waals surface area contributed by atoms with Crippen molar-refractivity contribution in [1.82, 2.24) is 19.6 Å². The summed E-state index contributed by atoms with van der Waals surface area (Å²) in [6.45, 7) is 0. The van der Waals surface area contributed by atoms with E-state index >= 15 is 0 Å². The first-order valence-electron chi connectivity index (χ1n) is 4.42. The molecule has 2 heterocycles. The second-order valence-corrected chi connectivity index (χ2v) is 5.12. The van der Waals surface area contributed by atoms with Gasteiger partial charge in [-0.05, 0) is 38.5 Å². The van der Waals surface area contributed by atoms with Gasteiger partial charge in [-0.1, -0.05) is 0 Å². The standard InChI is InChI=1S/C9H10BrIN4/c1-14-8(10)6(4-12-14)3-7-5-13-15(2)9(7)11/h4-5H,3H2,1-2H3. The van der Waals surface area contributed by atoms with Gasteiger partial charge in [0.25, 0.3) is 0 Å². The summed E-state index contributed by atoms with van der Waals surface area (Å²) in [6.07, 6.45) is 4.65. The first-order valence-corrected chi connectivity index (χ1v) is 6.29. The van der Waals surface area contributed by atoms with Gasteiger partial charge in [-0.3, -0.25) is 9.36 Å². The van der Waals surface area contributed by atoms with E-state index in [1.54, 1.807) is 0 Å². The maximum atomic E-state index is 4.22. The lowest BCUT2D eigenvalue weighted by molar-refractivity contribution is 0.745. The molecule has 2 aromatic heterocycles. The first-order chi connectivity index (χ1) is 7.09. The van der Waals surface area contributed by atoms with Gasteiger partial charge < -0.3 is 0 Å². The minimum Gasteiger partial charge on any atom is -0.262 e. The third-order valence-corrected chi connectivity index (χ3v) is 4.67. The number of aryl methyl sites for hydroxylation is 2. The highest BCUT2D eigenvalue weighted by molar-refractivity contribution is 14.1. The lowest BCUT2D eigenvalue weighted by atomic mass is 10.2. The van der Waals surface area contributed by atoms with Gasteiger partial charge in [0, 0.05) is 31.6 Å². The number of hydrogen-bond acceptors (Lipinski definition) is 2. The van der Waals surface area contributed by atoms with Crippen LogP contribution in [0.25, 0.3) is 0 Å².